The van der Waals surface area contributed by atoms with Gasteiger partial charge in [-0.25, -0.2) is 0 Å². The Bertz CT molecular complexity index is 889. The van der Waals surface area contributed by atoms with Gasteiger partial charge in [0.15, 0.2) is 0 Å². The van der Waals surface area contributed by atoms with Crippen LogP contribution in [0.1, 0.15) is 69.7 Å². The maximum Gasteiger partial charge on any atom is 0.305 e. The van der Waals surface area contributed by atoms with Gasteiger partial charge in [-0.1, -0.05) is 56.5 Å². The largest absolute Gasteiger partial charge is 0.466 e. The molecule has 0 unspecified atom stereocenters. The molecule has 1 fully saturated rings. The van der Waals surface area contributed by atoms with E-state index in [1.807, 2.05) is 60.4 Å². The van der Waals surface area contributed by atoms with Crippen LogP contribution in [0.3, 0.4) is 0 Å². The number of rotatable bonds is 13. The van der Waals surface area contributed by atoms with Gasteiger partial charge in [0.05, 0.1) is 11.9 Å². The molecule has 1 heterocycles. The number of ether oxygens (including phenoxy) is 2. The van der Waals surface area contributed by atoms with E-state index in [1.165, 1.54) is 0 Å². The van der Waals surface area contributed by atoms with Crippen LogP contribution in [0.25, 0.3) is 0 Å². The predicted octanol–water partition coefficient (Wildman–Crippen LogP) is 6.74. The van der Waals surface area contributed by atoms with Gasteiger partial charge < -0.3 is 14.4 Å². The first kappa shape index (κ1) is 25.2. The molecule has 1 saturated heterocycles. The molecule has 1 aliphatic heterocycles. The van der Waals surface area contributed by atoms with Crippen molar-refractivity contribution >= 4 is 23.6 Å². The molecule has 2 aromatic rings. The van der Waals surface area contributed by atoms with Gasteiger partial charge >= 0.3 is 5.97 Å². The Morgan fingerprint density at radius 3 is 2.52 bits per heavy atom. The van der Waals surface area contributed by atoms with Gasteiger partial charge in [-0.2, -0.15) is 0 Å². The molecule has 178 valence electrons. The summed E-state index contributed by atoms with van der Waals surface area (Å²) in [4.78, 5) is 26.8. The molecule has 0 spiro atoms. The summed E-state index contributed by atoms with van der Waals surface area (Å²) in [6, 6.07) is 17.8. The van der Waals surface area contributed by atoms with Crippen LogP contribution in [0.2, 0.25) is 0 Å². The van der Waals surface area contributed by atoms with Gasteiger partial charge in [0.2, 0.25) is 5.91 Å². The van der Waals surface area contributed by atoms with Crippen LogP contribution in [0.4, 0.5) is 0 Å². The number of hydrogen-bond acceptors (Lipinski definition) is 5. The highest BCUT2D eigenvalue weighted by atomic mass is 32.2. The van der Waals surface area contributed by atoms with E-state index in [2.05, 4.69) is 13.0 Å². The zero-order valence-electron chi connectivity index (χ0n) is 19.7. The molecule has 6 heteroatoms. The van der Waals surface area contributed by atoms with Crippen LogP contribution in [0.15, 0.2) is 54.6 Å². The van der Waals surface area contributed by atoms with E-state index < -0.39 is 0 Å². The van der Waals surface area contributed by atoms with Crippen molar-refractivity contribution in [2.24, 2.45) is 0 Å². The summed E-state index contributed by atoms with van der Waals surface area (Å²) in [5.74, 6) is 1.67. The fourth-order valence-electron chi connectivity index (χ4n) is 3.97. The summed E-state index contributed by atoms with van der Waals surface area (Å²) < 4.78 is 11.0. The molecule has 0 saturated carbocycles. The van der Waals surface area contributed by atoms with Crippen molar-refractivity contribution in [1.29, 1.82) is 0 Å². The molecular weight excluding hydrogens is 434 g/mol. The topological polar surface area (TPSA) is 55.8 Å². The van der Waals surface area contributed by atoms with Crippen molar-refractivity contribution in [3.63, 3.8) is 0 Å². The molecule has 0 N–H and O–H groups in total. The Labute approximate surface area is 201 Å². The average Bonchev–Trinajstić information content (AvgIpc) is 3.14. The molecule has 2 aromatic carbocycles. The first-order valence-corrected chi connectivity index (χ1v) is 13.0. The maximum atomic E-state index is 13.2. The second-order valence-electron chi connectivity index (χ2n) is 8.25. The van der Waals surface area contributed by atoms with E-state index in [4.69, 9.17) is 9.47 Å². The Balaban J connectivity index is 1.66. The lowest BCUT2D eigenvalue weighted by atomic mass is 10.1. The number of benzene rings is 2. The zero-order valence-corrected chi connectivity index (χ0v) is 20.5. The highest BCUT2D eigenvalue weighted by Crippen LogP contribution is 2.45. The average molecular weight is 470 g/mol. The predicted molar refractivity (Wildman–Crippen MR) is 133 cm³/mol. The fraction of sp³-hybridized carbons (Fsp3) is 0.481. The Morgan fingerprint density at radius 2 is 1.76 bits per heavy atom. The molecule has 3 rings (SSSR count). The van der Waals surface area contributed by atoms with Crippen LogP contribution in [0.5, 0.6) is 11.5 Å². The Morgan fingerprint density at radius 1 is 0.970 bits per heavy atom. The lowest BCUT2D eigenvalue weighted by Crippen LogP contribution is -2.32. The van der Waals surface area contributed by atoms with Gasteiger partial charge in [0.1, 0.15) is 16.9 Å². The van der Waals surface area contributed by atoms with Crippen molar-refractivity contribution < 1.29 is 19.1 Å². The number of hydrogen-bond donors (Lipinski definition) is 0. The molecule has 33 heavy (non-hydrogen) atoms. The minimum Gasteiger partial charge on any atom is -0.466 e. The standard InChI is InChI=1S/C27H35NO4S/c1-3-5-17-24-26(30)28(19-11-7-10-18-25(29)31-4-2)27(33-24)21-13-12-16-23(20-21)32-22-14-8-6-9-15-22/h6,8-9,12-16,20,24,27H,3-5,7,10-11,17-19H2,1-2H3/t24-,27-/m1/s1. The Hall–Kier alpha value is -2.47. The van der Waals surface area contributed by atoms with Crippen molar-refractivity contribution in [1.82, 2.24) is 4.90 Å². The van der Waals surface area contributed by atoms with E-state index in [9.17, 15) is 9.59 Å². The molecule has 5 nitrogen and oxygen atoms in total. The first-order valence-electron chi connectivity index (χ1n) is 12.1. The smallest absolute Gasteiger partial charge is 0.305 e. The first-order chi connectivity index (χ1) is 16.1. The highest BCUT2D eigenvalue weighted by molar-refractivity contribution is 8.01. The third-order valence-corrected chi connectivity index (χ3v) is 7.21. The van der Waals surface area contributed by atoms with Crippen LogP contribution < -0.4 is 4.74 Å². The van der Waals surface area contributed by atoms with Gasteiger partial charge in [-0.15, -0.1) is 11.8 Å². The molecule has 0 aromatic heterocycles. The minimum atomic E-state index is -0.141. The van der Waals surface area contributed by atoms with E-state index in [0.717, 1.165) is 55.6 Å². The molecule has 0 bridgehead atoms. The van der Waals surface area contributed by atoms with Crippen molar-refractivity contribution in [2.45, 2.75) is 69.4 Å². The van der Waals surface area contributed by atoms with Gasteiger partial charge in [-0.3, -0.25) is 9.59 Å². The number of para-hydroxylation sites is 1. The number of esters is 1. The molecule has 1 amide bonds. The number of amides is 1. The number of nitrogens with zero attached hydrogens (tertiary/aromatic N) is 1. The second kappa shape index (κ2) is 13.3. The third kappa shape index (κ3) is 7.53. The van der Waals surface area contributed by atoms with Crippen LogP contribution in [-0.2, 0) is 14.3 Å². The van der Waals surface area contributed by atoms with Crippen molar-refractivity contribution in [3.8, 4) is 11.5 Å². The van der Waals surface area contributed by atoms with Crippen molar-refractivity contribution in [3.05, 3.63) is 60.2 Å². The van der Waals surface area contributed by atoms with Gasteiger partial charge in [0.25, 0.3) is 0 Å². The monoisotopic (exact) mass is 469 g/mol. The maximum absolute atomic E-state index is 13.2. The molecule has 0 radical (unpaired) electrons. The number of carbonyl (C=O) groups is 2. The van der Waals surface area contributed by atoms with Gasteiger partial charge in [0, 0.05) is 13.0 Å². The summed E-state index contributed by atoms with van der Waals surface area (Å²) in [6.07, 6.45) is 6.07. The van der Waals surface area contributed by atoms with E-state index in [1.54, 1.807) is 11.8 Å². The molecule has 1 aliphatic rings. The van der Waals surface area contributed by atoms with E-state index in [0.29, 0.717) is 19.6 Å². The van der Waals surface area contributed by atoms with Crippen molar-refractivity contribution in [2.75, 3.05) is 13.2 Å². The minimum absolute atomic E-state index is 0.00757. The lowest BCUT2D eigenvalue weighted by Gasteiger charge is -2.24. The zero-order chi connectivity index (χ0) is 23.5. The Kier molecular flexibility index (Phi) is 10.1. The quantitative estimate of drug-likeness (QED) is 0.240. The summed E-state index contributed by atoms with van der Waals surface area (Å²) in [6.45, 7) is 5.11. The SMILES string of the molecule is CCCC[C@H]1S[C@H](c2cccc(Oc3ccccc3)c2)N(CCCCCC(=O)OCC)C1=O. The molecule has 0 aliphatic carbocycles. The summed E-state index contributed by atoms with van der Waals surface area (Å²) in [5, 5.41) is -0.00286. The lowest BCUT2D eigenvalue weighted by molar-refractivity contribution is -0.143. The fourth-order valence-corrected chi connectivity index (χ4v) is 5.50. The summed E-state index contributed by atoms with van der Waals surface area (Å²) in [7, 11) is 0. The van der Waals surface area contributed by atoms with Gasteiger partial charge in [-0.05, 0) is 56.0 Å². The van der Waals surface area contributed by atoms with Crippen LogP contribution >= 0.6 is 11.8 Å². The second-order valence-corrected chi connectivity index (χ2v) is 9.54. The summed E-state index contributed by atoms with van der Waals surface area (Å²) >= 11 is 1.76. The van der Waals surface area contributed by atoms with E-state index in [-0.39, 0.29) is 22.5 Å². The summed E-state index contributed by atoms with van der Waals surface area (Å²) in [5.41, 5.74) is 1.09. The number of thioether (sulfide) groups is 1. The number of carbonyl (C=O) groups excluding carboxylic acids is 2. The highest BCUT2D eigenvalue weighted by Gasteiger charge is 2.40. The number of unbranched alkanes of at least 4 members (excludes halogenated alkanes) is 3. The van der Waals surface area contributed by atoms with E-state index >= 15 is 0 Å². The molecule has 2 atom stereocenters. The molecular formula is C27H35NO4S. The third-order valence-electron chi connectivity index (χ3n) is 5.66. The normalized spacial score (nSPS) is 17.9. The van der Waals surface area contributed by atoms with Crippen LogP contribution in [0, 0.1) is 0 Å². The van der Waals surface area contributed by atoms with Crippen LogP contribution in [-0.4, -0.2) is 35.2 Å².